The second kappa shape index (κ2) is 2.77. The summed E-state index contributed by atoms with van der Waals surface area (Å²) in [6.07, 6.45) is 2.96. The van der Waals surface area contributed by atoms with E-state index in [0.29, 0.717) is 10.8 Å². The molecule has 82 valence electrons. The van der Waals surface area contributed by atoms with Crippen LogP contribution in [0.3, 0.4) is 0 Å². The van der Waals surface area contributed by atoms with Gasteiger partial charge < -0.3 is 0 Å². The molecule has 0 aromatic rings. The molecule has 3 aliphatic carbocycles. The lowest BCUT2D eigenvalue weighted by Crippen LogP contribution is -2.61. The van der Waals surface area contributed by atoms with E-state index < -0.39 is 0 Å². The molecule has 3 fully saturated rings. The van der Waals surface area contributed by atoms with E-state index in [-0.39, 0.29) is 0 Å². The third-order valence-corrected chi connectivity index (χ3v) is 5.59. The molecular formula is C14H26. The monoisotopic (exact) mass is 194 g/mol. The predicted octanol–water partition coefficient (Wildman–Crippen LogP) is 4.35. The van der Waals surface area contributed by atoms with E-state index in [1.54, 1.807) is 0 Å². The molecule has 3 atom stereocenters. The van der Waals surface area contributed by atoms with Crippen molar-refractivity contribution >= 4 is 0 Å². The first-order chi connectivity index (χ1) is 6.30. The van der Waals surface area contributed by atoms with E-state index in [4.69, 9.17) is 0 Å². The van der Waals surface area contributed by atoms with Gasteiger partial charge in [0.15, 0.2) is 0 Å². The second-order valence-corrected chi connectivity index (χ2v) is 7.08. The average Bonchev–Trinajstić information content (AvgIpc) is 1.96. The van der Waals surface area contributed by atoms with Crippen LogP contribution in [0.15, 0.2) is 0 Å². The molecule has 0 amide bonds. The van der Waals surface area contributed by atoms with Crippen molar-refractivity contribution in [1.29, 1.82) is 0 Å². The van der Waals surface area contributed by atoms with Gasteiger partial charge >= 0.3 is 0 Å². The molecule has 0 saturated heterocycles. The summed E-state index contributed by atoms with van der Waals surface area (Å²) in [7, 11) is 0. The third-order valence-electron chi connectivity index (χ3n) is 5.59. The van der Waals surface area contributed by atoms with Crippen molar-refractivity contribution in [3.05, 3.63) is 0 Å². The fraction of sp³-hybridized carbons (Fsp3) is 1.00. The molecule has 14 heavy (non-hydrogen) atoms. The van der Waals surface area contributed by atoms with Gasteiger partial charge in [-0.3, -0.25) is 0 Å². The fourth-order valence-electron chi connectivity index (χ4n) is 5.34. The van der Waals surface area contributed by atoms with E-state index in [1.807, 2.05) is 0 Å². The molecule has 0 N–H and O–H groups in total. The van der Waals surface area contributed by atoms with Crippen LogP contribution in [0.25, 0.3) is 0 Å². The third kappa shape index (κ3) is 1.12. The summed E-state index contributed by atoms with van der Waals surface area (Å²) >= 11 is 0. The van der Waals surface area contributed by atoms with Crippen LogP contribution in [-0.4, -0.2) is 0 Å². The van der Waals surface area contributed by atoms with Gasteiger partial charge in [-0.2, -0.15) is 0 Å². The van der Waals surface area contributed by atoms with Gasteiger partial charge in [-0.25, -0.2) is 0 Å². The zero-order valence-corrected chi connectivity index (χ0v) is 10.7. The molecule has 3 aliphatic rings. The van der Waals surface area contributed by atoms with Crippen molar-refractivity contribution in [2.75, 3.05) is 0 Å². The SMILES string of the molecule is CC(C)C1C(C)C(C)C2(C)CC1(C)C2. The largest absolute Gasteiger partial charge is 0.0625 e. The van der Waals surface area contributed by atoms with Crippen molar-refractivity contribution in [1.82, 2.24) is 0 Å². The van der Waals surface area contributed by atoms with Crippen LogP contribution < -0.4 is 0 Å². The van der Waals surface area contributed by atoms with E-state index in [9.17, 15) is 0 Å². The highest BCUT2D eigenvalue weighted by Crippen LogP contribution is 2.70. The first kappa shape index (κ1) is 10.5. The van der Waals surface area contributed by atoms with Gasteiger partial charge in [-0.1, -0.05) is 41.5 Å². The summed E-state index contributed by atoms with van der Waals surface area (Å²) in [5, 5.41) is 0. The Morgan fingerprint density at radius 2 is 1.50 bits per heavy atom. The molecule has 0 spiro atoms. The van der Waals surface area contributed by atoms with Crippen LogP contribution in [0.1, 0.15) is 54.4 Å². The minimum atomic E-state index is 0.675. The topological polar surface area (TPSA) is 0 Å². The fourth-order valence-corrected chi connectivity index (χ4v) is 5.34. The highest BCUT2D eigenvalue weighted by atomic mass is 14.7. The summed E-state index contributed by atoms with van der Waals surface area (Å²) in [5.74, 6) is 3.67. The molecular weight excluding hydrogens is 168 g/mol. The summed E-state index contributed by atoms with van der Waals surface area (Å²) in [6, 6.07) is 0. The lowest BCUT2D eigenvalue weighted by Gasteiger charge is -2.68. The van der Waals surface area contributed by atoms with Crippen molar-refractivity contribution in [3.63, 3.8) is 0 Å². The summed E-state index contributed by atoms with van der Waals surface area (Å²) in [6.45, 7) is 14.8. The van der Waals surface area contributed by atoms with Gasteiger partial charge in [0.1, 0.15) is 0 Å². The van der Waals surface area contributed by atoms with Gasteiger partial charge in [-0.05, 0) is 47.3 Å². The van der Waals surface area contributed by atoms with Gasteiger partial charge in [0, 0.05) is 0 Å². The maximum atomic E-state index is 2.53. The van der Waals surface area contributed by atoms with Crippen LogP contribution in [0.2, 0.25) is 0 Å². The molecule has 2 bridgehead atoms. The van der Waals surface area contributed by atoms with Crippen LogP contribution in [0.4, 0.5) is 0 Å². The number of fused-ring (bicyclic) bond motifs is 2. The van der Waals surface area contributed by atoms with Crippen LogP contribution in [-0.2, 0) is 0 Å². The predicted molar refractivity (Wildman–Crippen MR) is 62.1 cm³/mol. The minimum absolute atomic E-state index is 0.675. The summed E-state index contributed by atoms with van der Waals surface area (Å²) < 4.78 is 0. The lowest BCUT2D eigenvalue weighted by molar-refractivity contribution is -0.194. The first-order valence-corrected chi connectivity index (χ1v) is 6.30. The Hall–Kier alpha value is 0. The van der Waals surface area contributed by atoms with E-state index >= 15 is 0 Å². The van der Waals surface area contributed by atoms with Crippen LogP contribution in [0, 0.1) is 34.5 Å². The highest BCUT2D eigenvalue weighted by Gasteiger charge is 2.62. The molecule has 0 aromatic carbocycles. The van der Waals surface area contributed by atoms with Crippen LogP contribution in [0.5, 0.6) is 0 Å². The second-order valence-electron chi connectivity index (χ2n) is 7.08. The van der Waals surface area contributed by atoms with Crippen molar-refractivity contribution in [3.8, 4) is 0 Å². The van der Waals surface area contributed by atoms with Crippen molar-refractivity contribution in [2.45, 2.75) is 54.4 Å². The van der Waals surface area contributed by atoms with Gasteiger partial charge in [0.2, 0.25) is 0 Å². The maximum Gasteiger partial charge on any atom is -0.0282 e. The average molecular weight is 194 g/mol. The Morgan fingerprint density at radius 3 is 1.93 bits per heavy atom. The molecule has 0 heterocycles. The van der Waals surface area contributed by atoms with Crippen molar-refractivity contribution < 1.29 is 0 Å². The molecule has 0 radical (unpaired) electrons. The molecule has 0 nitrogen and oxygen atoms in total. The zero-order valence-electron chi connectivity index (χ0n) is 10.7. The van der Waals surface area contributed by atoms with Gasteiger partial charge in [0.05, 0.1) is 0 Å². The van der Waals surface area contributed by atoms with E-state index in [2.05, 4.69) is 41.5 Å². The Kier molecular flexibility index (Phi) is 2.08. The Labute approximate surface area is 89.5 Å². The van der Waals surface area contributed by atoms with Gasteiger partial charge in [-0.15, -0.1) is 0 Å². The normalized spacial score (nSPS) is 57.2. The van der Waals surface area contributed by atoms with E-state index in [1.165, 1.54) is 12.8 Å². The zero-order chi connectivity index (χ0) is 10.7. The maximum absolute atomic E-state index is 2.53. The Bertz CT molecular complexity index is 232. The highest BCUT2D eigenvalue weighted by molar-refractivity contribution is 5.11. The molecule has 0 heteroatoms. The number of hydrogen-bond donors (Lipinski definition) is 0. The summed E-state index contributed by atoms with van der Waals surface area (Å²) in [4.78, 5) is 0. The quantitative estimate of drug-likeness (QED) is 0.582. The molecule has 0 aromatic heterocycles. The molecule has 0 aliphatic heterocycles. The number of rotatable bonds is 1. The lowest BCUT2D eigenvalue weighted by atomic mass is 9.36. The minimum Gasteiger partial charge on any atom is -0.0625 e. The standard InChI is InChI=1S/C14H26/c1-9(2)12-10(3)11(4)13(5)7-14(12,6)8-13/h9-12H,7-8H2,1-6H3. The number of hydrogen-bond acceptors (Lipinski definition) is 0. The molecule has 3 saturated carbocycles. The molecule has 3 rings (SSSR count). The summed E-state index contributed by atoms with van der Waals surface area (Å²) in [5.41, 5.74) is 1.36. The Balaban J connectivity index is 2.27. The van der Waals surface area contributed by atoms with Crippen molar-refractivity contribution in [2.24, 2.45) is 34.5 Å². The van der Waals surface area contributed by atoms with Crippen LogP contribution >= 0.6 is 0 Å². The first-order valence-electron chi connectivity index (χ1n) is 6.30. The Morgan fingerprint density at radius 1 is 1.00 bits per heavy atom. The smallest absolute Gasteiger partial charge is 0.0282 e. The van der Waals surface area contributed by atoms with Gasteiger partial charge in [0.25, 0.3) is 0 Å². The van der Waals surface area contributed by atoms with E-state index in [0.717, 1.165) is 23.7 Å². The molecule has 3 unspecified atom stereocenters.